The minimum absolute atomic E-state index is 0.347. The number of hydrogen-bond donors (Lipinski definition) is 1. The summed E-state index contributed by atoms with van der Waals surface area (Å²) in [5, 5.41) is 0.347. The molecule has 0 aromatic heterocycles. The molecular formula is C9H7NO2S. The molecule has 66 valence electrons. The molecule has 1 atom stereocenters. The number of hydrogen-bond acceptors (Lipinski definition) is 3. The van der Waals surface area contributed by atoms with Crippen molar-refractivity contribution in [1.82, 2.24) is 0 Å². The SMILES string of the molecule is NC(=O)C1OC(=S)c2ccccc21. The summed E-state index contributed by atoms with van der Waals surface area (Å²) in [7, 11) is 0. The number of fused-ring (bicyclic) bond motifs is 1. The molecule has 0 bridgehead atoms. The smallest absolute Gasteiger partial charge is 0.263 e. The second-order valence-corrected chi connectivity index (χ2v) is 3.15. The van der Waals surface area contributed by atoms with Gasteiger partial charge in [-0.05, 0) is 18.3 Å². The number of amides is 1. The monoisotopic (exact) mass is 193 g/mol. The van der Waals surface area contributed by atoms with Crippen LogP contribution in [0.1, 0.15) is 17.2 Å². The molecule has 1 aliphatic heterocycles. The van der Waals surface area contributed by atoms with E-state index in [2.05, 4.69) is 0 Å². The molecule has 13 heavy (non-hydrogen) atoms. The van der Waals surface area contributed by atoms with Crippen LogP contribution in [0.3, 0.4) is 0 Å². The highest BCUT2D eigenvalue weighted by Crippen LogP contribution is 2.30. The van der Waals surface area contributed by atoms with Crippen LogP contribution in [0.4, 0.5) is 0 Å². The summed E-state index contributed by atoms with van der Waals surface area (Å²) in [6, 6.07) is 7.29. The van der Waals surface area contributed by atoms with Crippen LogP contribution in [0.25, 0.3) is 0 Å². The van der Waals surface area contributed by atoms with Gasteiger partial charge in [-0.1, -0.05) is 18.2 Å². The zero-order valence-electron chi connectivity index (χ0n) is 6.69. The van der Waals surface area contributed by atoms with Crippen LogP contribution in [0.15, 0.2) is 24.3 Å². The van der Waals surface area contributed by atoms with Gasteiger partial charge in [0.1, 0.15) is 0 Å². The van der Waals surface area contributed by atoms with Crippen LogP contribution in [0, 0.1) is 0 Å². The Balaban J connectivity index is 2.53. The van der Waals surface area contributed by atoms with Gasteiger partial charge in [-0.3, -0.25) is 4.79 Å². The van der Waals surface area contributed by atoms with Gasteiger partial charge in [0.05, 0.1) is 0 Å². The maximum atomic E-state index is 10.9. The number of thiocarbonyl (C=S) groups is 1. The molecule has 1 amide bonds. The van der Waals surface area contributed by atoms with Crippen LogP contribution in [-0.4, -0.2) is 11.0 Å². The zero-order valence-corrected chi connectivity index (χ0v) is 7.51. The number of ether oxygens (including phenoxy) is 1. The van der Waals surface area contributed by atoms with Crippen LogP contribution >= 0.6 is 12.2 Å². The summed E-state index contributed by atoms with van der Waals surface area (Å²) in [5.74, 6) is -0.507. The number of primary amides is 1. The molecule has 0 aliphatic carbocycles. The fourth-order valence-corrected chi connectivity index (χ4v) is 1.64. The van der Waals surface area contributed by atoms with Crippen LogP contribution in [-0.2, 0) is 9.53 Å². The average Bonchev–Trinajstić information content (AvgIpc) is 2.45. The molecule has 3 nitrogen and oxygen atoms in total. The fraction of sp³-hybridized carbons (Fsp3) is 0.111. The molecule has 4 heteroatoms. The van der Waals surface area contributed by atoms with Crippen molar-refractivity contribution in [2.75, 3.05) is 0 Å². The Kier molecular flexibility index (Phi) is 1.77. The number of carbonyl (C=O) groups is 1. The van der Waals surface area contributed by atoms with Gasteiger partial charge < -0.3 is 10.5 Å². The van der Waals surface area contributed by atoms with E-state index in [0.717, 1.165) is 11.1 Å². The van der Waals surface area contributed by atoms with Crippen molar-refractivity contribution in [2.45, 2.75) is 6.10 Å². The predicted molar refractivity (Wildman–Crippen MR) is 51.2 cm³/mol. The highest BCUT2D eigenvalue weighted by Gasteiger charge is 2.31. The number of benzene rings is 1. The lowest BCUT2D eigenvalue weighted by atomic mass is 10.1. The first-order valence-electron chi connectivity index (χ1n) is 3.79. The van der Waals surface area contributed by atoms with E-state index in [1.54, 1.807) is 6.07 Å². The van der Waals surface area contributed by atoms with Crippen molar-refractivity contribution >= 4 is 23.2 Å². The van der Waals surface area contributed by atoms with Crippen molar-refractivity contribution in [3.63, 3.8) is 0 Å². The Morgan fingerprint density at radius 3 is 2.85 bits per heavy atom. The highest BCUT2D eigenvalue weighted by atomic mass is 32.1. The van der Waals surface area contributed by atoms with Gasteiger partial charge in [0.25, 0.3) is 5.91 Å². The van der Waals surface area contributed by atoms with Crippen molar-refractivity contribution in [2.24, 2.45) is 5.73 Å². The minimum Gasteiger partial charge on any atom is -0.465 e. The molecule has 1 unspecified atom stereocenters. The zero-order chi connectivity index (χ0) is 9.42. The molecule has 0 saturated carbocycles. The average molecular weight is 193 g/mol. The lowest BCUT2D eigenvalue weighted by Gasteiger charge is -2.04. The molecule has 1 aromatic carbocycles. The van der Waals surface area contributed by atoms with E-state index in [0.29, 0.717) is 5.05 Å². The van der Waals surface area contributed by atoms with E-state index >= 15 is 0 Å². The predicted octanol–water partition coefficient (Wildman–Crippen LogP) is 0.919. The first-order chi connectivity index (χ1) is 6.20. The third kappa shape index (κ3) is 1.19. The Bertz CT molecular complexity index is 389. The quantitative estimate of drug-likeness (QED) is 0.675. The molecule has 1 heterocycles. The number of rotatable bonds is 1. The van der Waals surface area contributed by atoms with Gasteiger partial charge in [0.2, 0.25) is 6.10 Å². The summed E-state index contributed by atoms with van der Waals surface area (Å²) < 4.78 is 5.15. The molecule has 0 radical (unpaired) electrons. The maximum absolute atomic E-state index is 10.9. The molecule has 1 aliphatic rings. The van der Waals surface area contributed by atoms with Crippen LogP contribution < -0.4 is 5.73 Å². The third-order valence-corrected chi connectivity index (χ3v) is 2.26. The molecule has 0 fully saturated rings. The van der Waals surface area contributed by atoms with Gasteiger partial charge >= 0.3 is 0 Å². The first kappa shape index (κ1) is 8.19. The van der Waals surface area contributed by atoms with E-state index in [4.69, 9.17) is 22.7 Å². The number of nitrogens with two attached hydrogens (primary N) is 1. The Morgan fingerprint density at radius 2 is 2.15 bits per heavy atom. The molecule has 1 aromatic rings. The topological polar surface area (TPSA) is 52.3 Å². The molecule has 2 N–H and O–H groups in total. The van der Waals surface area contributed by atoms with E-state index in [1.165, 1.54) is 0 Å². The summed E-state index contributed by atoms with van der Waals surface area (Å²) in [6.07, 6.45) is -0.705. The van der Waals surface area contributed by atoms with Crippen molar-refractivity contribution in [1.29, 1.82) is 0 Å². The fourth-order valence-electron chi connectivity index (χ4n) is 1.36. The van der Waals surface area contributed by atoms with Crippen molar-refractivity contribution in [3.8, 4) is 0 Å². The lowest BCUT2D eigenvalue weighted by molar-refractivity contribution is -0.124. The second-order valence-electron chi connectivity index (χ2n) is 2.77. The van der Waals surface area contributed by atoms with Crippen LogP contribution in [0.5, 0.6) is 0 Å². The third-order valence-electron chi connectivity index (χ3n) is 1.95. The van der Waals surface area contributed by atoms with Gasteiger partial charge in [0.15, 0.2) is 5.05 Å². The summed E-state index contributed by atoms with van der Waals surface area (Å²) >= 11 is 4.94. The van der Waals surface area contributed by atoms with Crippen LogP contribution in [0.2, 0.25) is 0 Å². The van der Waals surface area contributed by atoms with E-state index in [9.17, 15) is 4.79 Å². The first-order valence-corrected chi connectivity index (χ1v) is 4.20. The largest absolute Gasteiger partial charge is 0.465 e. The molecule has 0 spiro atoms. The van der Waals surface area contributed by atoms with Gasteiger partial charge in [-0.2, -0.15) is 0 Å². The van der Waals surface area contributed by atoms with Crippen molar-refractivity contribution < 1.29 is 9.53 Å². The Labute approximate surface area is 80.5 Å². The maximum Gasteiger partial charge on any atom is 0.263 e. The van der Waals surface area contributed by atoms with Gasteiger partial charge in [-0.25, -0.2) is 0 Å². The van der Waals surface area contributed by atoms with Gasteiger partial charge in [-0.15, -0.1) is 0 Å². The second kappa shape index (κ2) is 2.81. The Morgan fingerprint density at radius 1 is 1.46 bits per heavy atom. The lowest BCUT2D eigenvalue weighted by Crippen LogP contribution is -2.20. The van der Waals surface area contributed by atoms with E-state index in [1.807, 2.05) is 18.2 Å². The molecule has 0 saturated heterocycles. The summed E-state index contributed by atoms with van der Waals surface area (Å²) in [4.78, 5) is 10.9. The standard InChI is InChI=1S/C9H7NO2S/c10-8(11)7-5-3-1-2-4-6(5)9(13)12-7/h1-4,7H,(H2,10,11). The van der Waals surface area contributed by atoms with Crippen molar-refractivity contribution in [3.05, 3.63) is 35.4 Å². The van der Waals surface area contributed by atoms with E-state index < -0.39 is 12.0 Å². The minimum atomic E-state index is -0.705. The van der Waals surface area contributed by atoms with Gasteiger partial charge in [0, 0.05) is 11.1 Å². The summed E-state index contributed by atoms with van der Waals surface area (Å²) in [6.45, 7) is 0. The normalized spacial score (nSPS) is 19.4. The molecular weight excluding hydrogens is 186 g/mol. The molecule has 2 rings (SSSR count). The van der Waals surface area contributed by atoms with E-state index in [-0.39, 0.29) is 0 Å². The summed E-state index contributed by atoms with van der Waals surface area (Å²) in [5.41, 5.74) is 6.71. The Hall–Kier alpha value is -1.42. The number of carbonyl (C=O) groups excluding carboxylic acids is 1. The highest BCUT2D eigenvalue weighted by molar-refractivity contribution is 7.80.